The number of urea groups is 1. The van der Waals surface area contributed by atoms with Gasteiger partial charge < -0.3 is 55.4 Å². The van der Waals surface area contributed by atoms with E-state index in [0.29, 0.717) is 44.2 Å². The number of phosphoric acid groups is 1. The van der Waals surface area contributed by atoms with E-state index in [0.717, 1.165) is 68.1 Å². The van der Waals surface area contributed by atoms with Crippen LogP contribution in [-0.4, -0.2) is 116 Å². The molecule has 0 aromatic carbocycles. The van der Waals surface area contributed by atoms with Crippen molar-refractivity contribution in [2.45, 2.75) is 129 Å². The first kappa shape index (κ1) is 53.1. The first-order valence-corrected chi connectivity index (χ1v) is 27.3. The van der Waals surface area contributed by atoms with E-state index >= 15 is 0 Å². The van der Waals surface area contributed by atoms with Gasteiger partial charge in [-0.3, -0.25) is 37.6 Å². The number of aromatic nitrogens is 2. The molecule has 3 fully saturated rings. The van der Waals surface area contributed by atoms with Crippen LogP contribution in [0.25, 0.3) is 0 Å². The van der Waals surface area contributed by atoms with Gasteiger partial charge in [0.1, 0.15) is 12.3 Å². The van der Waals surface area contributed by atoms with Crippen molar-refractivity contribution in [2.24, 2.45) is 0 Å². The molecule has 23 nitrogen and oxygen atoms in total. The van der Waals surface area contributed by atoms with Crippen LogP contribution in [0.5, 0.6) is 0 Å². The Hall–Kier alpha value is -1.47. The Labute approximate surface area is 377 Å². The van der Waals surface area contributed by atoms with E-state index in [9.17, 15) is 62.3 Å². The third-order valence-corrected chi connectivity index (χ3v) is 22.2. The van der Waals surface area contributed by atoms with Gasteiger partial charge in [0.2, 0.25) is 11.8 Å². The third kappa shape index (κ3) is 16.1. The lowest BCUT2D eigenvalue weighted by molar-refractivity contribution is -0.122. The highest BCUT2D eigenvalue weighted by atomic mass is 79.9. The second-order valence-electron chi connectivity index (χ2n) is 15.0. The summed E-state index contributed by atoms with van der Waals surface area (Å²) >= 11 is 6.45. The zero-order chi connectivity index (χ0) is 45.7. The summed E-state index contributed by atoms with van der Waals surface area (Å²) in [4.78, 5) is 101. The topological polar surface area (TPSA) is 343 Å². The summed E-state index contributed by atoms with van der Waals surface area (Å²) in [5.74, 6) is 0.935. The maximum atomic E-state index is 12.6. The van der Waals surface area contributed by atoms with E-state index in [-0.39, 0.29) is 48.5 Å². The van der Waals surface area contributed by atoms with E-state index in [4.69, 9.17) is 9.47 Å². The molecule has 62 heavy (non-hydrogen) atoms. The number of hydrogen-bond acceptors (Lipinski definition) is 14. The number of nitrogens with zero attached hydrogens (tertiary/aromatic N) is 1. The molecule has 8 atom stereocenters. The molecule has 0 aliphatic carbocycles. The van der Waals surface area contributed by atoms with E-state index < -0.39 is 62.0 Å². The largest absolute Gasteiger partial charge is 0.479 e. The molecule has 0 spiro atoms. The van der Waals surface area contributed by atoms with Crippen LogP contribution in [0.4, 0.5) is 4.79 Å². The summed E-state index contributed by atoms with van der Waals surface area (Å²) in [5.41, 5.74) is -1.53. The van der Waals surface area contributed by atoms with Gasteiger partial charge in [-0.25, -0.2) is 18.5 Å². The molecule has 1 aromatic heterocycles. The zero-order valence-corrected chi connectivity index (χ0v) is 40.2. The Kier molecular flexibility index (Phi) is 20.9. The molecule has 29 heteroatoms. The average molecular weight is 1090 g/mol. The minimum Gasteiger partial charge on any atom is -0.390 e. The van der Waals surface area contributed by atoms with Gasteiger partial charge in [-0.15, -0.1) is 0 Å². The number of fused-ring (bicyclic) bond motifs is 1. The Bertz CT molecular complexity index is 1960. The SMILES string of the molecule is O=C(CCCCCNC(=O)CCCC[C@@H]1SC[C@@H]2NC(=O)N[C@@H]21)NCCCCCCOCc1cn([C@H]2C[C@H](O)[C@@H](COP(=O)(O)OP(=O)(O)C(Br)(Br)P(=O)(O)O)O2)c(=O)[nH]c1=O. The molecule has 0 bridgehead atoms. The average Bonchev–Trinajstić information content (AvgIpc) is 3.86. The quantitative estimate of drug-likeness (QED) is 0.0250. The highest BCUT2D eigenvalue weighted by Gasteiger charge is 2.61. The number of unbranched alkanes of at least 4 members (excludes halogenated alkanes) is 6. The van der Waals surface area contributed by atoms with E-state index in [1.807, 2.05) is 11.8 Å². The minimum absolute atomic E-state index is 0.0227. The highest BCUT2D eigenvalue weighted by molar-refractivity contribution is 9.29. The number of aromatic amines is 1. The summed E-state index contributed by atoms with van der Waals surface area (Å²) < 4.78 is 54.0. The van der Waals surface area contributed by atoms with Gasteiger partial charge in [-0.05, 0) is 70.4 Å². The maximum Gasteiger partial charge on any atom is 0.479 e. The number of rotatable bonds is 28. The van der Waals surface area contributed by atoms with E-state index in [1.165, 1.54) is 6.20 Å². The van der Waals surface area contributed by atoms with E-state index in [1.54, 1.807) is 0 Å². The number of ether oxygens (including phenoxy) is 2. The Morgan fingerprint density at radius 1 is 0.919 bits per heavy atom. The molecule has 1 aromatic rings. The molecular weight excluding hydrogens is 1040 g/mol. The predicted molar refractivity (Wildman–Crippen MR) is 232 cm³/mol. The molecule has 4 heterocycles. The Balaban J connectivity index is 1.01. The van der Waals surface area contributed by atoms with Gasteiger partial charge in [0.05, 0.1) is 37.0 Å². The number of H-pyrrole nitrogens is 1. The number of amides is 4. The van der Waals surface area contributed by atoms with Gasteiger partial charge in [-0.1, -0.05) is 25.7 Å². The fourth-order valence-electron chi connectivity index (χ4n) is 6.78. The molecule has 0 saturated carbocycles. The molecule has 3 aliphatic rings. The highest BCUT2D eigenvalue weighted by Crippen LogP contribution is 2.81. The molecule has 354 valence electrons. The number of carbonyl (C=O) groups is 3. The lowest BCUT2D eigenvalue weighted by atomic mass is 10.0. The minimum atomic E-state index is -5.62. The standard InChI is InChI=1S/C33H55Br2N6O17P3S/c34-33(35,59(48,49)50)60(51,52)58-61(53,54)56-19-24-23(42)16-28(57-24)41-17-21(30(45)40-32(41)47)18-55-15-9-2-1-7-13-36-26(43)11-4-3-8-14-37-27(44)12-6-5-10-25-29-22(20-62-25)38-31(46)39-29/h17,22-25,28-29,42H,1-16,18-20H2,(H,36,43)(H,37,44)(H,51,52)(H,53,54)(H2,38,39,46)(H,40,45,47)(H2,48,49,50)/t22-,23-,24+,25-,28+,29-/m0/s1. The number of aliphatic hydroxyl groups excluding tert-OH is 1. The first-order chi connectivity index (χ1) is 29.1. The summed E-state index contributed by atoms with van der Waals surface area (Å²) in [6.07, 6.45) is 5.99. The van der Waals surface area contributed by atoms with Crippen LogP contribution in [0.2, 0.25) is 0 Å². The zero-order valence-electron chi connectivity index (χ0n) is 33.6. The summed E-state index contributed by atoms with van der Waals surface area (Å²) in [5, 5.41) is 22.6. The van der Waals surface area contributed by atoms with Crippen LogP contribution in [0, 0.1) is 0 Å². The fourth-order valence-corrected chi connectivity index (χ4v) is 13.2. The number of thioether (sulfide) groups is 1. The lowest BCUT2D eigenvalue weighted by Crippen LogP contribution is -2.36. The molecule has 3 aliphatic heterocycles. The van der Waals surface area contributed by atoms with Crippen molar-refractivity contribution >= 4 is 84.5 Å². The molecule has 4 amide bonds. The van der Waals surface area contributed by atoms with Crippen molar-refractivity contribution in [3.63, 3.8) is 0 Å². The number of carbonyl (C=O) groups excluding carboxylic acids is 3. The number of phosphoric ester groups is 1. The molecule has 2 unspecified atom stereocenters. The van der Waals surface area contributed by atoms with Crippen LogP contribution >= 0.6 is 66.6 Å². The maximum absolute atomic E-state index is 12.6. The monoisotopic (exact) mass is 1090 g/mol. The Morgan fingerprint density at radius 2 is 1.55 bits per heavy atom. The van der Waals surface area contributed by atoms with Crippen molar-refractivity contribution in [3.8, 4) is 0 Å². The van der Waals surface area contributed by atoms with Crippen molar-refractivity contribution in [1.29, 1.82) is 0 Å². The third-order valence-electron chi connectivity index (χ3n) is 10.1. The second-order valence-corrected chi connectivity index (χ2v) is 27.9. The van der Waals surface area contributed by atoms with Gasteiger partial charge >= 0.3 is 34.7 Å². The smallest absolute Gasteiger partial charge is 0.390 e. The van der Waals surface area contributed by atoms with Crippen LogP contribution in [0.3, 0.4) is 0 Å². The van der Waals surface area contributed by atoms with Gasteiger partial charge in [0.25, 0.3) is 8.27 Å². The number of halogens is 2. The number of aliphatic hydroxyl groups is 1. The van der Waals surface area contributed by atoms with Crippen LogP contribution in [-0.2, 0) is 48.2 Å². The summed E-state index contributed by atoms with van der Waals surface area (Å²) in [7, 11) is -16.6. The predicted octanol–water partition coefficient (Wildman–Crippen LogP) is 2.68. The van der Waals surface area contributed by atoms with Crippen LogP contribution < -0.4 is 32.5 Å². The fraction of sp³-hybridized carbons (Fsp3) is 0.788. The number of nitrogens with one attached hydrogen (secondary N) is 5. The number of hydrogen-bond donors (Lipinski definition) is 10. The van der Waals surface area contributed by atoms with Crippen molar-refractivity contribution < 1.29 is 71.1 Å². The molecular formula is C33H55Br2N6O17P3S. The molecule has 3 saturated heterocycles. The van der Waals surface area contributed by atoms with Crippen LogP contribution in [0.1, 0.15) is 95.3 Å². The van der Waals surface area contributed by atoms with Crippen molar-refractivity contribution in [2.75, 3.05) is 32.1 Å². The van der Waals surface area contributed by atoms with Crippen LogP contribution in [0.15, 0.2) is 15.8 Å². The van der Waals surface area contributed by atoms with Gasteiger partial charge in [-0.2, -0.15) is 11.8 Å². The normalized spacial score (nSPS) is 24.5. The van der Waals surface area contributed by atoms with Crippen molar-refractivity contribution in [3.05, 3.63) is 32.6 Å². The number of alkyl halides is 2. The van der Waals surface area contributed by atoms with Gasteiger partial charge in [0.15, 0.2) is 0 Å². The molecule has 0 radical (unpaired) electrons. The van der Waals surface area contributed by atoms with Crippen molar-refractivity contribution in [1.82, 2.24) is 30.8 Å². The molecule has 4 rings (SSSR count). The molecule has 10 N–H and O–H groups in total. The lowest BCUT2D eigenvalue weighted by Gasteiger charge is -2.27. The van der Waals surface area contributed by atoms with Gasteiger partial charge in [0, 0.05) is 56.2 Å². The second kappa shape index (κ2) is 24.3. The summed E-state index contributed by atoms with van der Waals surface area (Å²) in [6, 6.07) is 0.299. The van der Waals surface area contributed by atoms with E-state index in [2.05, 4.69) is 66.9 Å². The summed E-state index contributed by atoms with van der Waals surface area (Å²) in [6.45, 7) is 0.333. The first-order valence-electron chi connectivity index (χ1n) is 20.0. The Morgan fingerprint density at radius 3 is 2.21 bits per heavy atom.